The van der Waals surface area contributed by atoms with Gasteiger partial charge in [-0.1, -0.05) is 11.6 Å². The maximum atomic E-state index is 5.83. The van der Waals surface area contributed by atoms with E-state index in [-0.39, 0.29) is 0 Å². The van der Waals surface area contributed by atoms with Crippen molar-refractivity contribution in [3.8, 4) is 0 Å². The molecule has 2 N–H and O–H groups in total. The van der Waals surface area contributed by atoms with E-state index in [9.17, 15) is 0 Å². The molecule has 1 aromatic rings. The van der Waals surface area contributed by atoms with E-state index < -0.39 is 0 Å². The predicted molar refractivity (Wildman–Crippen MR) is 64.4 cm³/mol. The summed E-state index contributed by atoms with van der Waals surface area (Å²) in [6.45, 7) is 0. The lowest BCUT2D eigenvalue weighted by atomic mass is 10.3. The van der Waals surface area contributed by atoms with Gasteiger partial charge in [0.1, 0.15) is 0 Å². The number of nitrogens with one attached hydrogen (secondary N) is 2. The summed E-state index contributed by atoms with van der Waals surface area (Å²) in [5, 5.41) is 7.07. The highest BCUT2D eigenvalue weighted by atomic mass is 79.9. The number of benzene rings is 1. The molecule has 1 aromatic carbocycles. The molecule has 0 atom stereocenters. The monoisotopic (exact) mass is 278 g/mol. The Hall–Kier alpha value is -0.320. The van der Waals surface area contributed by atoms with Crippen LogP contribution in [0.25, 0.3) is 0 Å². The molecule has 0 heterocycles. The molecule has 0 aromatic heterocycles. The highest BCUT2D eigenvalue weighted by Gasteiger charge is 1.99. The minimum atomic E-state index is 0.578. The highest BCUT2D eigenvalue weighted by molar-refractivity contribution is 9.10. The summed E-state index contributed by atoms with van der Waals surface area (Å²) < 4.78 is 0.845. The van der Waals surface area contributed by atoms with Crippen molar-refractivity contribution in [2.75, 3.05) is 12.4 Å². The lowest BCUT2D eigenvalue weighted by molar-refractivity contribution is 1.20. The molecule has 0 unspecified atom stereocenters. The van der Waals surface area contributed by atoms with Crippen LogP contribution < -0.4 is 10.6 Å². The van der Waals surface area contributed by atoms with Gasteiger partial charge in [0.2, 0.25) is 0 Å². The predicted octanol–water partition coefficient (Wildman–Crippen LogP) is 3.02. The number of hydrogen-bond acceptors (Lipinski definition) is 1. The first-order valence-corrected chi connectivity index (χ1v) is 5.15. The van der Waals surface area contributed by atoms with Crippen LogP contribution in [-0.4, -0.2) is 12.2 Å². The Morgan fingerprint density at radius 1 is 1.54 bits per heavy atom. The van der Waals surface area contributed by atoms with E-state index in [1.165, 1.54) is 0 Å². The van der Waals surface area contributed by atoms with Crippen LogP contribution in [0, 0.1) is 0 Å². The van der Waals surface area contributed by atoms with Crippen molar-refractivity contribution in [3.63, 3.8) is 0 Å². The summed E-state index contributed by atoms with van der Waals surface area (Å²) in [5.41, 5.74) is 0.899. The molecular formula is C8H8BrClN2S. The van der Waals surface area contributed by atoms with Crippen LogP contribution in [0.5, 0.6) is 0 Å². The molecule has 2 nitrogen and oxygen atoms in total. The number of hydrogen-bond donors (Lipinski definition) is 2. The molecule has 0 bridgehead atoms. The van der Waals surface area contributed by atoms with E-state index >= 15 is 0 Å². The molecule has 0 radical (unpaired) electrons. The van der Waals surface area contributed by atoms with E-state index in [1.807, 2.05) is 12.1 Å². The first-order valence-electron chi connectivity index (χ1n) is 3.57. The third kappa shape index (κ3) is 3.14. The summed E-state index contributed by atoms with van der Waals surface area (Å²) in [7, 11) is 1.76. The van der Waals surface area contributed by atoms with Gasteiger partial charge in [-0.05, 0) is 46.3 Å². The van der Waals surface area contributed by atoms with Gasteiger partial charge in [0.15, 0.2) is 5.11 Å². The molecule has 1 rings (SSSR count). The summed E-state index contributed by atoms with van der Waals surface area (Å²) in [6.07, 6.45) is 0. The second-order valence-electron chi connectivity index (χ2n) is 2.33. The van der Waals surface area contributed by atoms with Crippen molar-refractivity contribution >= 4 is 50.5 Å². The van der Waals surface area contributed by atoms with Crippen LogP contribution >= 0.6 is 39.7 Å². The third-order valence-electron chi connectivity index (χ3n) is 1.40. The van der Waals surface area contributed by atoms with Gasteiger partial charge >= 0.3 is 0 Å². The van der Waals surface area contributed by atoms with E-state index in [0.29, 0.717) is 10.1 Å². The fourth-order valence-corrected chi connectivity index (χ4v) is 1.38. The summed E-state index contributed by atoms with van der Waals surface area (Å²) in [5.74, 6) is 0. The average Bonchev–Trinajstić information content (AvgIpc) is 2.11. The number of rotatable bonds is 1. The van der Waals surface area contributed by atoms with Gasteiger partial charge in [0, 0.05) is 17.2 Å². The topological polar surface area (TPSA) is 24.1 Å². The van der Waals surface area contributed by atoms with Crippen LogP contribution in [0.3, 0.4) is 0 Å². The number of halogens is 2. The molecule has 0 amide bonds. The average molecular weight is 280 g/mol. The second kappa shape index (κ2) is 4.79. The van der Waals surface area contributed by atoms with Crippen molar-refractivity contribution in [2.45, 2.75) is 0 Å². The van der Waals surface area contributed by atoms with Crippen LogP contribution in [0.1, 0.15) is 0 Å². The minimum absolute atomic E-state index is 0.578. The SMILES string of the molecule is CNC(=S)Nc1ccc(Cl)c(Br)c1. The lowest BCUT2D eigenvalue weighted by Gasteiger charge is -2.07. The maximum absolute atomic E-state index is 5.83. The number of thiocarbonyl (C=S) groups is 1. The zero-order valence-corrected chi connectivity index (χ0v) is 10.1. The van der Waals surface area contributed by atoms with Crippen molar-refractivity contribution in [1.29, 1.82) is 0 Å². The van der Waals surface area contributed by atoms with E-state index in [4.69, 9.17) is 23.8 Å². The molecule has 0 aliphatic rings. The Balaban J connectivity index is 2.79. The molecular weight excluding hydrogens is 272 g/mol. The van der Waals surface area contributed by atoms with Gasteiger partial charge in [-0.3, -0.25) is 0 Å². The first kappa shape index (κ1) is 10.8. The molecule has 0 aliphatic carbocycles. The van der Waals surface area contributed by atoms with E-state index in [0.717, 1.165) is 10.2 Å². The Kier molecular flexibility index (Phi) is 3.96. The fraction of sp³-hybridized carbons (Fsp3) is 0.125. The zero-order valence-electron chi connectivity index (χ0n) is 6.90. The molecule has 0 saturated heterocycles. The Morgan fingerprint density at radius 3 is 2.77 bits per heavy atom. The molecule has 70 valence electrons. The van der Waals surface area contributed by atoms with Crippen LogP contribution in [0.4, 0.5) is 5.69 Å². The van der Waals surface area contributed by atoms with Gasteiger partial charge < -0.3 is 10.6 Å². The van der Waals surface area contributed by atoms with Gasteiger partial charge in [-0.2, -0.15) is 0 Å². The Morgan fingerprint density at radius 2 is 2.23 bits per heavy atom. The lowest BCUT2D eigenvalue weighted by Crippen LogP contribution is -2.23. The Labute approximate surface area is 95.8 Å². The smallest absolute Gasteiger partial charge is 0.170 e. The quantitative estimate of drug-likeness (QED) is 0.773. The molecule has 13 heavy (non-hydrogen) atoms. The highest BCUT2D eigenvalue weighted by Crippen LogP contribution is 2.25. The molecule has 0 aliphatic heterocycles. The summed E-state index contributed by atoms with van der Waals surface area (Å²) >= 11 is 14.1. The standard InChI is InChI=1S/C8H8BrClN2S/c1-11-8(13)12-5-2-3-7(10)6(9)4-5/h2-4H,1H3,(H2,11,12,13). The van der Waals surface area contributed by atoms with E-state index in [1.54, 1.807) is 13.1 Å². The van der Waals surface area contributed by atoms with E-state index in [2.05, 4.69) is 26.6 Å². The summed E-state index contributed by atoms with van der Waals surface area (Å²) in [6, 6.07) is 5.52. The first-order chi connectivity index (χ1) is 6.13. The van der Waals surface area contributed by atoms with Crippen LogP contribution in [-0.2, 0) is 0 Å². The number of anilines is 1. The van der Waals surface area contributed by atoms with Crippen molar-refractivity contribution in [3.05, 3.63) is 27.7 Å². The van der Waals surface area contributed by atoms with Crippen molar-refractivity contribution in [2.24, 2.45) is 0 Å². The fourth-order valence-electron chi connectivity index (χ4n) is 0.767. The van der Waals surface area contributed by atoms with Crippen molar-refractivity contribution in [1.82, 2.24) is 5.32 Å². The minimum Gasteiger partial charge on any atom is -0.366 e. The largest absolute Gasteiger partial charge is 0.366 e. The van der Waals surface area contributed by atoms with Gasteiger partial charge in [0.25, 0.3) is 0 Å². The molecule has 5 heteroatoms. The molecule has 0 fully saturated rings. The second-order valence-corrected chi connectivity index (χ2v) is 4.00. The van der Waals surface area contributed by atoms with Crippen LogP contribution in [0.2, 0.25) is 5.02 Å². The molecule has 0 spiro atoms. The van der Waals surface area contributed by atoms with Gasteiger partial charge in [-0.25, -0.2) is 0 Å². The third-order valence-corrected chi connectivity index (χ3v) is 2.92. The van der Waals surface area contributed by atoms with Crippen LogP contribution in [0.15, 0.2) is 22.7 Å². The van der Waals surface area contributed by atoms with Gasteiger partial charge in [-0.15, -0.1) is 0 Å². The normalized spacial score (nSPS) is 9.46. The Bertz CT molecular complexity index is 330. The maximum Gasteiger partial charge on any atom is 0.170 e. The van der Waals surface area contributed by atoms with Gasteiger partial charge in [0.05, 0.1) is 5.02 Å². The zero-order chi connectivity index (χ0) is 9.84. The summed E-state index contributed by atoms with van der Waals surface area (Å²) in [4.78, 5) is 0. The van der Waals surface area contributed by atoms with Crippen molar-refractivity contribution < 1.29 is 0 Å². The molecule has 0 saturated carbocycles.